The lowest BCUT2D eigenvalue weighted by atomic mass is 9.97. The second-order valence-electron chi connectivity index (χ2n) is 7.19. The molecule has 1 aliphatic rings. The zero-order valence-electron chi connectivity index (χ0n) is 15.9. The van der Waals surface area contributed by atoms with Crippen molar-refractivity contribution in [2.75, 3.05) is 39.0 Å². The number of piperidine rings is 1. The minimum absolute atomic E-state index is 0.124. The number of aromatic nitrogens is 2. The molecular formula is C20H26N6O. The van der Waals surface area contributed by atoms with Crippen LogP contribution in [0, 0.1) is 11.3 Å². The Kier molecular flexibility index (Phi) is 6.09. The third-order valence-corrected chi connectivity index (χ3v) is 4.85. The Morgan fingerprint density at radius 2 is 2.30 bits per heavy atom. The summed E-state index contributed by atoms with van der Waals surface area (Å²) in [5, 5.41) is 11.9. The smallest absolute Gasteiger partial charge is 0.321 e. The number of anilines is 1. The normalized spacial score (nSPS) is 17.0. The molecule has 1 unspecified atom stereocenters. The molecule has 1 fully saturated rings. The summed E-state index contributed by atoms with van der Waals surface area (Å²) in [4.78, 5) is 21.2. The van der Waals surface area contributed by atoms with E-state index >= 15 is 0 Å². The molecule has 3 rings (SSSR count). The summed E-state index contributed by atoms with van der Waals surface area (Å²) in [5.74, 6) is 1.30. The molecule has 2 aromatic rings. The summed E-state index contributed by atoms with van der Waals surface area (Å²) in [7, 11) is 4.12. The van der Waals surface area contributed by atoms with Crippen LogP contribution in [0.25, 0.3) is 0 Å². The number of rotatable bonds is 5. The summed E-state index contributed by atoms with van der Waals surface area (Å²) in [6.45, 7) is 3.24. The fourth-order valence-electron chi connectivity index (χ4n) is 3.42. The molecule has 2 amide bonds. The van der Waals surface area contributed by atoms with Crippen LogP contribution >= 0.6 is 0 Å². The lowest BCUT2D eigenvalue weighted by molar-refractivity contribution is 0.190. The van der Waals surface area contributed by atoms with Gasteiger partial charge in [-0.15, -0.1) is 0 Å². The molecule has 2 heterocycles. The lowest BCUT2D eigenvalue weighted by Crippen LogP contribution is -2.42. The van der Waals surface area contributed by atoms with E-state index in [0.717, 1.165) is 38.3 Å². The minimum Gasteiger partial charge on any atom is -0.333 e. The quantitative estimate of drug-likeness (QED) is 0.883. The van der Waals surface area contributed by atoms with Crippen LogP contribution in [0.5, 0.6) is 0 Å². The zero-order valence-corrected chi connectivity index (χ0v) is 15.9. The third kappa shape index (κ3) is 4.86. The summed E-state index contributed by atoms with van der Waals surface area (Å²) in [6.07, 6.45) is 5.85. The number of amides is 2. The van der Waals surface area contributed by atoms with Crippen LogP contribution in [0.4, 0.5) is 10.5 Å². The Bertz CT molecular complexity index is 822. The first kappa shape index (κ1) is 18.9. The van der Waals surface area contributed by atoms with Gasteiger partial charge < -0.3 is 19.7 Å². The second kappa shape index (κ2) is 8.69. The molecule has 7 heteroatoms. The summed E-state index contributed by atoms with van der Waals surface area (Å²) >= 11 is 0. The fraction of sp³-hybridized carbons (Fsp3) is 0.450. The molecule has 1 aromatic heterocycles. The molecule has 0 aliphatic carbocycles. The van der Waals surface area contributed by atoms with Crippen molar-refractivity contribution in [1.82, 2.24) is 19.4 Å². The number of imidazole rings is 1. The average molecular weight is 366 g/mol. The molecule has 1 N–H and O–H groups in total. The highest BCUT2D eigenvalue weighted by molar-refractivity contribution is 5.89. The Morgan fingerprint density at radius 1 is 1.44 bits per heavy atom. The first-order valence-corrected chi connectivity index (χ1v) is 9.28. The van der Waals surface area contributed by atoms with Gasteiger partial charge in [0.1, 0.15) is 5.82 Å². The molecule has 0 bridgehead atoms. The topological polar surface area (TPSA) is 77.2 Å². The molecule has 1 aliphatic heterocycles. The number of carbonyl (C=O) groups excluding carboxylic acids is 1. The Balaban J connectivity index is 1.65. The third-order valence-electron chi connectivity index (χ3n) is 4.85. The van der Waals surface area contributed by atoms with Gasteiger partial charge in [-0.3, -0.25) is 0 Å². The van der Waals surface area contributed by atoms with Crippen LogP contribution in [0.1, 0.15) is 30.1 Å². The number of hydrogen-bond acceptors (Lipinski definition) is 4. The fourth-order valence-corrected chi connectivity index (χ4v) is 3.42. The van der Waals surface area contributed by atoms with Crippen LogP contribution < -0.4 is 5.32 Å². The van der Waals surface area contributed by atoms with Crippen molar-refractivity contribution in [3.05, 3.63) is 48.0 Å². The van der Waals surface area contributed by atoms with E-state index in [1.807, 2.05) is 17.3 Å². The van der Waals surface area contributed by atoms with Crippen LogP contribution in [0.2, 0.25) is 0 Å². The van der Waals surface area contributed by atoms with E-state index in [-0.39, 0.29) is 11.9 Å². The zero-order chi connectivity index (χ0) is 19.2. The Hall–Kier alpha value is -2.85. The SMILES string of the molecule is CN(C)CCn1ccnc1C1CCCN(C(=O)Nc2cccc(C#N)c2)C1. The number of likely N-dealkylation sites (N-methyl/N-ethyl adjacent to an activating group) is 1. The van der Waals surface area contributed by atoms with Crippen molar-refractivity contribution in [2.24, 2.45) is 0 Å². The van der Waals surface area contributed by atoms with Gasteiger partial charge in [-0.1, -0.05) is 6.07 Å². The van der Waals surface area contributed by atoms with E-state index < -0.39 is 0 Å². The Morgan fingerprint density at radius 3 is 3.07 bits per heavy atom. The van der Waals surface area contributed by atoms with Gasteiger partial charge in [0.25, 0.3) is 0 Å². The first-order valence-electron chi connectivity index (χ1n) is 9.28. The molecule has 1 aromatic carbocycles. The van der Waals surface area contributed by atoms with Crippen LogP contribution in [-0.4, -0.2) is 59.1 Å². The Labute approximate surface area is 160 Å². The maximum atomic E-state index is 12.7. The predicted octanol–water partition coefficient (Wildman–Crippen LogP) is 2.73. The number of nitrogens with one attached hydrogen (secondary N) is 1. The van der Waals surface area contributed by atoms with Crippen molar-refractivity contribution in [1.29, 1.82) is 5.26 Å². The average Bonchev–Trinajstić information content (AvgIpc) is 3.15. The summed E-state index contributed by atoms with van der Waals surface area (Å²) in [6, 6.07) is 8.95. The highest BCUT2D eigenvalue weighted by atomic mass is 16.2. The highest BCUT2D eigenvalue weighted by Crippen LogP contribution is 2.26. The van der Waals surface area contributed by atoms with Crippen molar-refractivity contribution in [3.8, 4) is 6.07 Å². The van der Waals surface area contributed by atoms with Gasteiger partial charge in [0.05, 0.1) is 11.6 Å². The molecular weight excluding hydrogens is 340 g/mol. The van der Waals surface area contributed by atoms with E-state index in [0.29, 0.717) is 17.8 Å². The van der Waals surface area contributed by atoms with Gasteiger partial charge in [-0.05, 0) is 45.1 Å². The largest absolute Gasteiger partial charge is 0.333 e. The van der Waals surface area contributed by atoms with Gasteiger partial charge in [-0.2, -0.15) is 5.26 Å². The molecule has 1 atom stereocenters. The number of nitriles is 1. The van der Waals surface area contributed by atoms with Gasteiger partial charge in [0, 0.05) is 50.2 Å². The number of nitrogens with zero attached hydrogens (tertiary/aromatic N) is 5. The van der Waals surface area contributed by atoms with Gasteiger partial charge >= 0.3 is 6.03 Å². The molecule has 0 spiro atoms. The molecule has 0 saturated carbocycles. The molecule has 0 radical (unpaired) electrons. The number of carbonyl (C=O) groups is 1. The van der Waals surface area contributed by atoms with Crippen LogP contribution in [0.3, 0.4) is 0 Å². The van der Waals surface area contributed by atoms with E-state index in [2.05, 4.69) is 39.9 Å². The van der Waals surface area contributed by atoms with Crippen LogP contribution in [-0.2, 0) is 6.54 Å². The first-order chi connectivity index (χ1) is 13.1. The van der Waals surface area contributed by atoms with E-state index in [1.165, 1.54) is 0 Å². The van der Waals surface area contributed by atoms with E-state index in [1.54, 1.807) is 24.3 Å². The molecule has 1 saturated heterocycles. The maximum absolute atomic E-state index is 12.7. The summed E-state index contributed by atoms with van der Waals surface area (Å²) < 4.78 is 2.20. The number of urea groups is 1. The summed E-state index contributed by atoms with van der Waals surface area (Å²) in [5.41, 5.74) is 1.18. The molecule has 142 valence electrons. The van der Waals surface area contributed by atoms with Gasteiger partial charge in [0.2, 0.25) is 0 Å². The van der Waals surface area contributed by atoms with Crippen molar-refractivity contribution in [2.45, 2.75) is 25.3 Å². The van der Waals surface area contributed by atoms with E-state index in [9.17, 15) is 4.79 Å². The number of benzene rings is 1. The standard InChI is InChI=1S/C20H26N6O/c1-24(2)11-12-25-10-8-22-19(25)17-6-4-9-26(15-17)20(27)23-18-7-3-5-16(13-18)14-21/h3,5,7-8,10,13,17H,4,6,9,11-12,15H2,1-2H3,(H,23,27). The lowest BCUT2D eigenvalue weighted by Gasteiger charge is -2.32. The highest BCUT2D eigenvalue weighted by Gasteiger charge is 2.27. The van der Waals surface area contributed by atoms with Gasteiger partial charge in [-0.25, -0.2) is 9.78 Å². The van der Waals surface area contributed by atoms with Crippen LogP contribution in [0.15, 0.2) is 36.7 Å². The van der Waals surface area contributed by atoms with Crippen molar-refractivity contribution < 1.29 is 4.79 Å². The van der Waals surface area contributed by atoms with Crippen molar-refractivity contribution in [3.63, 3.8) is 0 Å². The molecule has 7 nitrogen and oxygen atoms in total. The minimum atomic E-state index is -0.124. The maximum Gasteiger partial charge on any atom is 0.321 e. The number of likely N-dealkylation sites (tertiary alicyclic amines) is 1. The van der Waals surface area contributed by atoms with E-state index in [4.69, 9.17) is 5.26 Å². The van der Waals surface area contributed by atoms with Gasteiger partial charge in [0.15, 0.2) is 0 Å². The second-order valence-corrected chi connectivity index (χ2v) is 7.19. The monoisotopic (exact) mass is 366 g/mol. The molecule has 27 heavy (non-hydrogen) atoms. The predicted molar refractivity (Wildman–Crippen MR) is 105 cm³/mol. The number of hydrogen-bond donors (Lipinski definition) is 1. The van der Waals surface area contributed by atoms with Crippen molar-refractivity contribution >= 4 is 11.7 Å².